The van der Waals surface area contributed by atoms with E-state index in [4.69, 9.17) is 4.74 Å². The first kappa shape index (κ1) is 16.6. The lowest BCUT2D eigenvalue weighted by atomic mass is 10.2. The summed E-state index contributed by atoms with van der Waals surface area (Å²) < 4.78 is 5.48. The maximum absolute atomic E-state index is 12.5. The number of nitrogens with one attached hydrogen (secondary N) is 1. The Hall–Kier alpha value is -2.25. The molecule has 1 N–H and O–H groups in total. The molecule has 0 spiro atoms. The molecule has 24 heavy (non-hydrogen) atoms. The Kier molecular flexibility index (Phi) is 5.22. The van der Waals surface area contributed by atoms with Crippen LogP contribution in [0.25, 0.3) is 9.88 Å². The highest BCUT2D eigenvalue weighted by Gasteiger charge is 2.17. The van der Waals surface area contributed by atoms with Gasteiger partial charge >= 0.3 is 0 Å². The third-order valence-electron chi connectivity index (χ3n) is 3.31. The van der Waals surface area contributed by atoms with Gasteiger partial charge in [-0.1, -0.05) is 12.1 Å². The smallest absolute Gasteiger partial charge is 0.263 e. The van der Waals surface area contributed by atoms with Gasteiger partial charge in [0.2, 0.25) is 5.88 Å². The Labute approximate surface area is 148 Å². The highest BCUT2D eigenvalue weighted by Crippen LogP contribution is 2.31. The standard InChI is InChI=1S/C17H17N3O2S2/c1-3-22-16-12(6-4-8-18-16)10-19-15(21)14-11(2)20-17(24-14)13-7-5-9-23-13/h4-9H,3,10H2,1-2H3,(H,19,21). The minimum Gasteiger partial charge on any atom is -0.478 e. The Balaban J connectivity index is 1.72. The minimum atomic E-state index is -0.126. The number of thiazole rings is 1. The second-order valence-electron chi connectivity index (χ2n) is 4.99. The lowest BCUT2D eigenvalue weighted by Gasteiger charge is -2.09. The molecule has 124 valence electrons. The van der Waals surface area contributed by atoms with Gasteiger partial charge in [0, 0.05) is 18.3 Å². The summed E-state index contributed by atoms with van der Waals surface area (Å²) in [6.07, 6.45) is 1.68. The first-order chi connectivity index (χ1) is 11.7. The molecule has 0 aliphatic rings. The number of nitrogens with zero attached hydrogens (tertiary/aromatic N) is 2. The third kappa shape index (κ3) is 3.63. The molecule has 3 rings (SSSR count). The summed E-state index contributed by atoms with van der Waals surface area (Å²) in [5, 5.41) is 5.81. The molecule has 0 saturated carbocycles. The van der Waals surface area contributed by atoms with Gasteiger partial charge < -0.3 is 10.1 Å². The van der Waals surface area contributed by atoms with Crippen molar-refractivity contribution in [3.05, 3.63) is 52.0 Å². The molecule has 0 aliphatic heterocycles. The highest BCUT2D eigenvalue weighted by atomic mass is 32.1. The summed E-state index contributed by atoms with van der Waals surface area (Å²) in [6.45, 7) is 4.67. The molecule has 0 radical (unpaired) electrons. The number of carbonyl (C=O) groups excluding carboxylic acids is 1. The molecule has 0 bridgehead atoms. The van der Waals surface area contributed by atoms with Crippen molar-refractivity contribution in [2.45, 2.75) is 20.4 Å². The van der Waals surface area contributed by atoms with Crippen LogP contribution in [0.15, 0.2) is 35.8 Å². The van der Waals surface area contributed by atoms with Gasteiger partial charge in [0.15, 0.2) is 0 Å². The molecule has 0 aliphatic carbocycles. The van der Waals surface area contributed by atoms with Crippen molar-refractivity contribution in [2.75, 3.05) is 6.61 Å². The topological polar surface area (TPSA) is 64.1 Å². The number of aromatic nitrogens is 2. The average molecular weight is 359 g/mol. The minimum absolute atomic E-state index is 0.126. The number of hydrogen-bond donors (Lipinski definition) is 1. The number of ether oxygens (including phenoxy) is 1. The molecule has 1 amide bonds. The molecular weight excluding hydrogens is 342 g/mol. The number of pyridine rings is 1. The fourth-order valence-electron chi connectivity index (χ4n) is 2.19. The van der Waals surface area contributed by atoms with Gasteiger partial charge in [0.05, 0.1) is 17.2 Å². The molecule has 5 nitrogen and oxygen atoms in total. The number of aryl methyl sites for hydroxylation is 1. The van der Waals surface area contributed by atoms with E-state index in [0.717, 1.165) is 21.1 Å². The van der Waals surface area contributed by atoms with Crippen LogP contribution in [0.4, 0.5) is 0 Å². The summed E-state index contributed by atoms with van der Waals surface area (Å²) in [5.74, 6) is 0.430. The largest absolute Gasteiger partial charge is 0.478 e. The predicted molar refractivity (Wildman–Crippen MR) is 96.7 cm³/mol. The van der Waals surface area contributed by atoms with Crippen LogP contribution in [0.3, 0.4) is 0 Å². The molecule has 0 unspecified atom stereocenters. The van der Waals surface area contributed by atoms with Crippen LogP contribution in [-0.2, 0) is 6.54 Å². The molecule has 7 heteroatoms. The van der Waals surface area contributed by atoms with Crippen molar-refractivity contribution < 1.29 is 9.53 Å². The normalized spacial score (nSPS) is 10.6. The fourth-order valence-corrected chi connectivity index (χ4v) is 3.97. The first-order valence-corrected chi connectivity index (χ1v) is 9.25. The van der Waals surface area contributed by atoms with Crippen molar-refractivity contribution >= 4 is 28.6 Å². The Morgan fingerprint density at radius 3 is 2.96 bits per heavy atom. The number of thiophene rings is 1. The Morgan fingerprint density at radius 2 is 2.21 bits per heavy atom. The number of hydrogen-bond acceptors (Lipinski definition) is 6. The maximum Gasteiger partial charge on any atom is 0.263 e. The van der Waals surface area contributed by atoms with Crippen LogP contribution < -0.4 is 10.1 Å². The van der Waals surface area contributed by atoms with Crippen molar-refractivity contribution in [1.82, 2.24) is 15.3 Å². The molecular formula is C17H17N3O2S2. The van der Waals surface area contributed by atoms with Gasteiger partial charge in [0.25, 0.3) is 5.91 Å². The zero-order valence-corrected chi connectivity index (χ0v) is 15.0. The monoisotopic (exact) mass is 359 g/mol. The van der Waals surface area contributed by atoms with E-state index in [2.05, 4.69) is 15.3 Å². The summed E-state index contributed by atoms with van der Waals surface area (Å²) in [7, 11) is 0. The van der Waals surface area contributed by atoms with Crippen LogP contribution >= 0.6 is 22.7 Å². The second-order valence-corrected chi connectivity index (χ2v) is 6.94. The van der Waals surface area contributed by atoms with Gasteiger partial charge in [-0.25, -0.2) is 9.97 Å². The lowest BCUT2D eigenvalue weighted by molar-refractivity contribution is 0.0954. The van der Waals surface area contributed by atoms with Gasteiger partial charge in [0.1, 0.15) is 9.88 Å². The van der Waals surface area contributed by atoms with Gasteiger partial charge in [-0.05, 0) is 31.4 Å². The molecule has 3 aromatic heterocycles. The predicted octanol–water partition coefficient (Wildman–Crippen LogP) is 3.90. The zero-order valence-electron chi connectivity index (χ0n) is 13.4. The summed E-state index contributed by atoms with van der Waals surface area (Å²) in [4.78, 5) is 22.9. The van der Waals surface area contributed by atoms with Crippen molar-refractivity contribution in [2.24, 2.45) is 0 Å². The van der Waals surface area contributed by atoms with Crippen molar-refractivity contribution in [3.63, 3.8) is 0 Å². The average Bonchev–Trinajstić information content (AvgIpc) is 3.23. The van der Waals surface area contributed by atoms with Crippen LogP contribution in [0.2, 0.25) is 0 Å². The quantitative estimate of drug-likeness (QED) is 0.725. The van der Waals surface area contributed by atoms with Crippen molar-refractivity contribution in [1.29, 1.82) is 0 Å². The number of rotatable bonds is 6. The lowest BCUT2D eigenvalue weighted by Crippen LogP contribution is -2.23. The number of carbonyl (C=O) groups is 1. The molecule has 0 fully saturated rings. The molecule has 3 heterocycles. The van der Waals surface area contributed by atoms with Gasteiger partial charge in [-0.3, -0.25) is 4.79 Å². The van der Waals surface area contributed by atoms with Crippen LogP contribution in [-0.4, -0.2) is 22.5 Å². The highest BCUT2D eigenvalue weighted by molar-refractivity contribution is 7.22. The third-order valence-corrected chi connectivity index (χ3v) is 5.50. The van der Waals surface area contributed by atoms with Crippen molar-refractivity contribution in [3.8, 4) is 15.8 Å². The summed E-state index contributed by atoms with van der Waals surface area (Å²) in [6, 6.07) is 7.72. The summed E-state index contributed by atoms with van der Waals surface area (Å²) >= 11 is 3.03. The maximum atomic E-state index is 12.5. The fraction of sp³-hybridized carbons (Fsp3) is 0.235. The molecule has 3 aromatic rings. The van der Waals surface area contributed by atoms with E-state index < -0.39 is 0 Å². The number of amides is 1. The van der Waals surface area contributed by atoms with Gasteiger partial charge in [-0.2, -0.15) is 0 Å². The SMILES string of the molecule is CCOc1ncccc1CNC(=O)c1sc(-c2cccs2)nc1C. The van der Waals surface area contributed by atoms with E-state index in [-0.39, 0.29) is 5.91 Å². The molecule has 0 atom stereocenters. The van der Waals surface area contributed by atoms with E-state index >= 15 is 0 Å². The molecule has 0 saturated heterocycles. The van der Waals surface area contributed by atoms with E-state index in [9.17, 15) is 4.79 Å². The second kappa shape index (κ2) is 7.55. The Morgan fingerprint density at radius 1 is 1.33 bits per heavy atom. The first-order valence-electron chi connectivity index (χ1n) is 7.55. The molecule has 0 aromatic carbocycles. The summed E-state index contributed by atoms with van der Waals surface area (Å²) in [5.41, 5.74) is 1.60. The van der Waals surface area contributed by atoms with Crippen LogP contribution in [0, 0.1) is 6.92 Å². The zero-order chi connectivity index (χ0) is 16.9. The van der Waals surface area contributed by atoms with E-state index in [1.54, 1.807) is 17.5 Å². The van der Waals surface area contributed by atoms with E-state index in [1.807, 2.05) is 43.5 Å². The van der Waals surface area contributed by atoms with Crippen LogP contribution in [0.5, 0.6) is 5.88 Å². The van der Waals surface area contributed by atoms with E-state index in [0.29, 0.717) is 23.9 Å². The van der Waals surface area contributed by atoms with Gasteiger partial charge in [-0.15, -0.1) is 22.7 Å². The Bertz CT molecular complexity index is 828. The van der Waals surface area contributed by atoms with Crippen LogP contribution in [0.1, 0.15) is 27.9 Å². The van der Waals surface area contributed by atoms with E-state index in [1.165, 1.54) is 11.3 Å².